The summed E-state index contributed by atoms with van der Waals surface area (Å²) >= 11 is 13.1. The summed E-state index contributed by atoms with van der Waals surface area (Å²) in [7, 11) is 4.55. The molecule has 2 N–H and O–H groups in total. The Hall–Kier alpha value is -3.50. The summed E-state index contributed by atoms with van der Waals surface area (Å²) in [6.07, 6.45) is 6.29. The molecule has 36 heavy (non-hydrogen) atoms. The van der Waals surface area contributed by atoms with Crippen LogP contribution in [0.5, 0.6) is 11.5 Å². The Morgan fingerprint density at radius 3 is 2.39 bits per heavy atom. The van der Waals surface area contributed by atoms with Crippen molar-refractivity contribution in [3.05, 3.63) is 51.9 Å². The van der Waals surface area contributed by atoms with Crippen LogP contribution < -0.4 is 29.9 Å². The fourth-order valence-electron chi connectivity index (χ4n) is 4.17. The summed E-state index contributed by atoms with van der Waals surface area (Å²) in [5.41, 5.74) is 2.59. The number of urea groups is 1. The molecule has 1 aromatic heterocycles. The third-order valence-electron chi connectivity index (χ3n) is 6.02. The van der Waals surface area contributed by atoms with Crippen LogP contribution in [0, 0.1) is 0 Å². The van der Waals surface area contributed by atoms with Crippen LogP contribution in [0.4, 0.5) is 22.2 Å². The maximum atomic E-state index is 13.4. The summed E-state index contributed by atoms with van der Waals surface area (Å²) in [5, 5.41) is 6.45. The van der Waals surface area contributed by atoms with E-state index in [0.717, 1.165) is 37.1 Å². The quantitative estimate of drug-likeness (QED) is 0.489. The first-order valence-corrected chi connectivity index (χ1v) is 12.0. The number of ether oxygens (including phenoxy) is 2. The van der Waals surface area contributed by atoms with Gasteiger partial charge in [-0.2, -0.15) is 4.98 Å². The van der Waals surface area contributed by atoms with Crippen molar-refractivity contribution in [2.45, 2.75) is 32.2 Å². The summed E-state index contributed by atoms with van der Waals surface area (Å²) in [6, 6.07) is 1.18. The molecule has 0 saturated heterocycles. The Bertz CT molecular complexity index is 1240. The molecule has 2 aromatic rings. The summed E-state index contributed by atoms with van der Waals surface area (Å²) in [4.78, 5) is 37.1. The zero-order valence-electron chi connectivity index (χ0n) is 20.2. The number of carbonyl (C=O) groups excluding carboxylic acids is 2. The van der Waals surface area contributed by atoms with Crippen molar-refractivity contribution < 1.29 is 19.1 Å². The number of allylic oxidation sites excluding steroid dienone is 2. The highest BCUT2D eigenvalue weighted by atomic mass is 35.5. The van der Waals surface area contributed by atoms with Crippen LogP contribution in [0.3, 0.4) is 0 Å². The van der Waals surface area contributed by atoms with Crippen molar-refractivity contribution in [2.24, 2.45) is 0 Å². The Balaban J connectivity index is 1.67. The molecule has 0 saturated carbocycles. The number of halogens is 2. The van der Waals surface area contributed by atoms with E-state index < -0.39 is 0 Å². The monoisotopic (exact) mass is 532 g/mol. The van der Waals surface area contributed by atoms with Crippen molar-refractivity contribution in [3.8, 4) is 11.5 Å². The third-order valence-corrected chi connectivity index (χ3v) is 6.75. The summed E-state index contributed by atoms with van der Waals surface area (Å²) < 4.78 is 10.7. The molecule has 0 fully saturated rings. The molecule has 2 heterocycles. The van der Waals surface area contributed by atoms with Crippen molar-refractivity contribution in [2.75, 3.05) is 36.4 Å². The molecule has 0 bridgehead atoms. The lowest BCUT2D eigenvalue weighted by molar-refractivity contribution is -0.115. The lowest BCUT2D eigenvalue weighted by Gasteiger charge is -2.35. The van der Waals surface area contributed by atoms with E-state index in [1.807, 2.05) is 0 Å². The van der Waals surface area contributed by atoms with E-state index in [2.05, 4.69) is 27.2 Å². The molecule has 2 aliphatic rings. The summed E-state index contributed by atoms with van der Waals surface area (Å²) in [5.74, 6) is 1.15. The third kappa shape index (κ3) is 4.78. The first-order valence-electron chi connectivity index (χ1n) is 11.2. The van der Waals surface area contributed by atoms with Gasteiger partial charge in [0, 0.05) is 36.3 Å². The second-order valence-electron chi connectivity index (χ2n) is 8.21. The van der Waals surface area contributed by atoms with Gasteiger partial charge in [-0.1, -0.05) is 29.8 Å². The van der Waals surface area contributed by atoms with Crippen LogP contribution >= 0.6 is 23.2 Å². The first kappa shape index (κ1) is 25.6. The molecule has 4 rings (SSSR count). The average Bonchev–Trinajstić information content (AvgIpc) is 2.88. The minimum absolute atomic E-state index is 0.137. The van der Waals surface area contributed by atoms with Crippen LogP contribution in [-0.2, 0) is 11.3 Å². The number of methoxy groups -OCH3 is 2. The molecule has 190 valence electrons. The molecule has 0 unspecified atom stereocenters. The van der Waals surface area contributed by atoms with Crippen molar-refractivity contribution in [3.63, 3.8) is 0 Å². The number of amides is 3. The molecule has 0 radical (unpaired) electrons. The molecule has 1 aliphatic heterocycles. The van der Waals surface area contributed by atoms with Gasteiger partial charge in [-0.3, -0.25) is 14.6 Å². The Morgan fingerprint density at radius 1 is 1.14 bits per heavy atom. The lowest BCUT2D eigenvalue weighted by Crippen LogP contribution is -2.46. The van der Waals surface area contributed by atoms with Gasteiger partial charge in [0.2, 0.25) is 11.9 Å². The van der Waals surface area contributed by atoms with E-state index >= 15 is 0 Å². The lowest BCUT2D eigenvalue weighted by atomic mass is 10.0. The molecule has 3 amide bonds. The maximum absolute atomic E-state index is 13.4. The number of rotatable bonds is 7. The minimum atomic E-state index is -0.387. The van der Waals surface area contributed by atoms with Gasteiger partial charge in [-0.15, -0.1) is 0 Å². The molecule has 0 spiro atoms. The number of anilines is 3. The topological polar surface area (TPSA) is 109 Å². The number of fused-ring (bicyclic) bond motifs is 1. The maximum Gasteiger partial charge on any atom is 0.330 e. The van der Waals surface area contributed by atoms with Gasteiger partial charge < -0.3 is 20.1 Å². The number of nitrogens with zero attached hydrogens (tertiary/aromatic N) is 4. The number of aromatic nitrogens is 2. The Labute approximate surface area is 218 Å². The number of benzene rings is 1. The van der Waals surface area contributed by atoms with E-state index in [1.165, 1.54) is 30.1 Å². The Morgan fingerprint density at radius 2 is 1.78 bits per heavy atom. The first-order chi connectivity index (χ1) is 17.3. The zero-order chi connectivity index (χ0) is 26.0. The van der Waals surface area contributed by atoms with Crippen LogP contribution in [0.15, 0.2) is 36.3 Å². The molecule has 1 aromatic carbocycles. The average molecular weight is 533 g/mol. The van der Waals surface area contributed by atoms with Gasteiger partial charge >= 0.3 is 6.03 Å². The zero-order valence-corrected chi connectivity index (χ0v) is 21.7. The second-order valence-corrected chi connectivity index (χ2v) is 8.97. The molecule has 0 atom stereocenters. The van der Waals surface area contributed by atoms with Crippen LogP contribution in [0.2, 0.25) is 10.0 Å². The Kier molecular flexibility index (Phi) is 7.56. The number of nitrogens with one attached hydrogen (secondary N) is 2. The highest BCUT2D eigenvalue weighted by Crippen LogP contribution is 2.47. The fraction of sp³-hybridized carbons (Fsp3) is 0.333. The second kappa shape index (κ2) is 10.6. The van der Waals surface area contributed by atoms with E-state index in [0.29, 0.717) is 28.8 Å². The predicted molar refractivity (Wildman–Crippen MR) is 139 cm³/mol. The normalized spacial score (nSPS) is 15.4. The van der Waals surface area contributed by atoms with Crippen molar-refractivity contribution >= 4 is 52.6 Å². The van der Waals surface area contributed by atoms with E-state index in [1.54, 1.807) is 19.3 Å². The summed E-state index contributed by atoms with van der Waals surface area (Å²) in [6.45, 7) is 3.64. The standard InChI is InChI=1S/C24H26Cl2N6O4/c1-5-18(33)28-14-8-6-7-9-15(14)29-23-27-11-13-12-32(24(34)31(2)22(13)30-23)21-19(25)16(35-3)10-17(36-4)20(21)26/h5,10-11H,1,6-9,12H2,2-4H3,(H,28,33)(H,27,29,30). The number of hydrogen-bond acceptors (Lipinski definition) is 7. The van der Waals surface area contributed by atoms with E-state index in [9.17, 15) is 9.59 Å². The predicted octanol–water partition coefficient (Wildman–Crippen LogP) is 4.88. The minimum Gasteiger partial charge on any atom is -0.495 e. The van der Waals surface area contributed by atoms with Gasteiger partial charge in [0.1, 0.15) is 27.4 Å². The van der Waals surface area contributed by atoms with Crippen molar-refractivity contribution in [1.29, 1.82) is 0 Å². The highest BCUT2D eigenvalue weighted by molar-refractivity contribution is 6.42. The van der Waals surface area contributed by atoms with Gasteiger partial charge in [0.15, 0.2) is 0 Å². The van der Waals surface area contributed by atoms with Crippen LogP contribution in [0.25, 0.3) is 0 Å². The van der Waals surface area contributed by atoms with Gasteiger partial charge in [-0.25, -0.2) is 9.78 Å². The smallest absolute Gasteiger partial charge is 0.330 e. The molecular formula is C24H26Cl2N6O4. The van der Waals surface area contributed by atoms with Crippen LogP contribution in [0.1, 0.15) is 31.2 Å². The molecule has 1 aliphatic carbocycles. The fourth-order valence-corrected chi connectivity index (χ4v) is 4.87. The van der Waals surface area contributed by atoms with Gasteiger partial charge in [-0.05, 0) is 31.8 Å². The van der Waals surface area contributed by atoms with E-state index in [4.69, 9.17) is 32.7 Å². The van der Waals surface area contributed by atoms with Crippen LogP contribution in [-0.4, -0.2) is 43.2 Å². The highest BCUT2D eigenvalue weighted by Gasteiger charge is 2.35. The number of carbonyl (C=O) groups is 2. The van der Waals surface area contributed by atoms with E-state index in [-0.39, 0.29) is 34.2 Å². The number of hydrogen-bond donors (Lipinski definition) is 2. The van der Waals surface area contributed by atoms with Gasteiger partial charge in [0.05, 0.1) is 26.5 Å². The molecular weight excluding hydrogens is 507 g/mol. The van der Waals surface area contributed by atoms with Gasteiger partial charge in [0.25, 0.3) is 0 Å². The molecule has 12 heteroatoms. The SMILES string of the molecule is C=CC(=O)NC1=C(Nc2ncc3c(n2)N(C)C(=O)N(c2c(Cl)c(OC)cc(OC)c2Cl)C3)CCCC1. The largest absolute Gasteiger partial charge is 0.495 e. The van der Waals surface area contributed by atoms with Crippen molar-refractivity contribution in [1.82, 2.24) is 15.3 Å². The molecule has 10 nitrogen and oxygen atoms in total.